The molecule has 0 spiro atoms. The van der Waals surface area contributed by atoms with Gasteiger partial charge in [-0.2, -0.15) is 0 Å². The van der Waals surface area contributed by atoms with Crippen molar-refractivity contribution in [1.82, 2.24) is 0 Å². The molecule has 0 aromatic heterocycles. The molecular weight excluding hydrogens is 687 g/mol. The van der Waals surface area contributed by atoms with E-state index in [-0.39, 0.29) is 25.2 Å². The van der Waals surface area contributed by atoms with Crippen LogP contribution in [0.5, 0.6) is 11.5 Å². The molecule has 4 aromatic rings. The Morgan fingerprint density at radius 2 is 0.820 bits per heavy atom. The summed E-state index contributed by atoms with van der Waals surface area (Å²) in [5, 5.41) is 2.23. The molecule has 0 fully saturated rings. The first-order chi connectivity index (χ1) is 23.2. The van der Waals surface area contributed by atoms with E-state index >= 15 is 0 Å². The fourth-order valence-electron chi connectivity index (χ4n) is 4.79. The van der Waals surface area contributed by atoms with Gasteiger partial charge in [0.05, 0.1) is 11.1 Å². The van der Waals surface area contributed by atoms with Crippen LogP contribution in [0.15, 0.2) is 84.9 Å². The third-order valence-corrected chi connectivity index (χ3v) is 6.69. The topological polar surface area (TPSA) is 87.7 Å². The molecule has 2 N–H and O–H groups in total. The number of benzene rings is 4. The van der Waals surface area contributed by atoms with Crippen LogP contribution in [-0.2, 0) is 22.6 Å². The van der Waals surface area contributed by atoms with Gasteiger partial charge in [0.25, 0.3) is 0 Å². The van der Waals surface area contributed by atoms with Crippen LogP contribution >= 0.6 is 7.81 Å². The second kappa shape index (κ2) is 16.4. The molecule has 272 valence electrons. The molecule has 0 radical (unpaired) electrons. The van der Waals surface area contributed by atoms with Crippen LogP contribution in [0.4, 0.5) is 25.2 Å². The number of hydrogen-bond donors (Lipinski definition) is 1. The number of aryl methyl sites for hydroxylation is 4. The van der Waals surface area contributed by atoms with Crippen LogP contribution in [0.25, 0.3) is 0 Å². The van der Waals surface area contributed by atoms with E-state index in [2.05, 4.69) is 5.32 Å². The zero-order valence-corrected chi connectivity index (χ0v) is 29.0. The number of ether oxygens (including phenoxy) is 4. The molecule has 0 aliphatic rings. The van der Waals surface area contributed by atoms with Gasteiger partial charge >= 0.3 is 44.9 Å². The van der Waals surface area contributed by atoms with E-state index in [1.807, 2.05) is 113 Å². The molecule has 0 aliphatic heterocycles. The average Bonchev–Trinajstić information content (AvgIpc) is 3.00. The first-order valence-corrected chi connectivity index (χ1v) is 17.6. The Bertz CT molecular complexity index is 1580. The number of carbonyl (C=O) groups excluding carboxylic acids is 2. The summed E-state index contributed by atoms with van der Waals surface area (Å²) in [6.45, 7) is 10.5. The van der Waals surface area contributed by atoms with Gasteiger partial charge in [-0.25, -0.2) is 9.59 Å². The summed E-state index contributed by atoms with van der Waals surface area (Å²) in [7, 11) is -10.7. The molecule has 7 nitrogen and oxygen atoms in total. The maximum atomic E-state index is 12.3. The van der Waals surface area contributed by atoms with Gasteiger partial charge in [-0.15, -0.1) is 0 Å². The van der Waals surface area contributed by atoms with E-state index in [9.17, 15) is 34.8 Å². The zero-order valence-electron chi connectivity index (χ0n) is 28.1. The summed E-state index contributed by atoms with van der Waals surface area (Å²) in [4.78, 5) is 24.5. The van der Waals surface area contributed by atoms with Gasteiger partial charge in [0, 0.05) is 11.1 Å². The van der Waals surface area contributed by atoms with Crippen LogP contribution in [0.1, 0.15) is 54.1 Å². The van der Waals surface area contributed by atoms with Crippen molar-refractivity contribution in [3.8, 4) is 11.5 Å². The summed E-state index contributed by atoms with van der Waals surface area (Å²) in [6.07, 6.45) is 0. The van der Waals surface area contributed by atoms with E-state index in [1.54, 1.807) is 0 Å². The molecule has 0 saturated carbocycles. The van der Waals surface area contributed by atoms with E-state index < -0.39 is 7.81 Å². The van der Waals surface area contributed by atoms with Crippen LogP contribution < -0.4 is 14.8 Å². The van der Waals surface area contributed by atoms with Crippen LogP contribution in [-0.4, -0.2) is 38.4 Å². The maximum absolute atomic E-state index is 12.3. The normalized spacial score (nSPS) is 12.4. The molecule has 0 saturated heterocycles. The van der Waals surface area contributed by atoms with Crippen molar-refractivity contribution in [2.75, 3.05) is 26.4 Å². The predicted molar refractivity (Wildman–Crippen MR) is 179 cm³/mol. The van der Waals surface area contributed by atoms with Crippen molar-refractivity contribution >= 4 is 19.7 Å². The Hall–Kier alpha value is -4.61. The van der Waals surface area contributed by atoms with Gasteiger partial charge in [0.2, 0.25) is 0 Å². The third-order valence-electron chi connectivity index (χ3n) is 6.69. The number of nitrogens with two attached hydrogens (primary N) is 1. The summed E-state index contributed by atoms with van der Waals surface area (Å²) >= 11 is 0. The van der Waals surface area contributed by atoms with E-state index in [0.717, 1.165) is 46.8 Å². The minimum absolute atomic E-state index is 0.187. The Balaban J connectivity index is 0.000000872. The number of rotatable bonds is 14. The van der Waals surface area contributed by atoms with Crippen molar-refractivity contribution < 1.29 is 59.0 Å². The number of halogens is 6. The number of carbonyl (C=O) groups is 2. The molecule has 0 atom stereocenters. The van der Waals surface area contributed by atoms with Gasteiger partial charge < -0.3 is 24.3 Å². The summed E-state index contributed by atoms with van der Waals surface area (Å²) in [6, 6.07) is 27.2. The number of quaternary nitrogens is 1. The zero-order chi connectivity index (χ0) is 37.0. The Morgan fingerprint density at radius 3 is 1.12 bits per heavy atom. The molecule has 0 bridgehead atoms. The first kappa shape index (κ1) is 39.8. The van der Waals surface area contributed by atoms with Crippen LogP contribution in [0.3, 0.4) is 0 Å². The quantitative estimate of drug-likeness (QED) is 0.0604. The predicted octanol–water partition coefficient (Wildman–Crippen LogP) is 9.04. The van der Waals surface area contributed by atoms with Crippen molar-refractivity contribution in [3.63, 3.8) is 0 Å². The standard InChI is InChI=1S/C36H39NO6.F6P/c1-25-17-26(2)20-31(19-25)35(38)42-15-13-40-33-9-5-29(6-10-33)23-37-24-30-7-11-34(12-8-30)41-14-16-43-36(39)32-21-27(3)18-28(4)22-32;1-7(2,3,4,5)6/h5-12,17-22,37H,13-16,23-24H2,1-4H3;/q;-1/p+1. The van der Waals surface area contributed by atoms with Crippen molar-refractivity contribution in [2.45, 2.75) is 40.8 Å². The van der Waals surface area contributed by atoms with E-state index in [4.69, 9.17) is 18.9 Å². The summed E-state index contributed by atoms with van der Waals surface area (Å²) in [5.41, 5.74) is 7.62. The van der Waals surface area contributed by atoms with Crippen molar-refractivity contribution in [3.05, 3.63) is 129 Å². The Morgan fingerprint density at radius 1 is 0.520 bits per heavy atom. The fourth-order valence-corrected chi connectivity index (χ4v) is 4.79. The molecule has 4 aromatic carbocycles. The summed E-state index contributed by atoms with van der Waals surface area (Å²) in [5.74, 6) is 0.800. The van der Waals surface area contributed by atoms with Crippen LogP contribution in [0, 0.1) is 27.7 Å². The second-order valence-corrected chi connectivity index (χ2v) is 13.6. The molecule has 50 heavy (non-hydrogen) atoms. The molecule has 0 aliphatic carbocycles. The Kier molecular flexibility index (Phi) is 13.1. The van der Waals surface area contributed by atoms with Gasteiger partial charge in [0.15, 0.2) is 0 Å². The number of esters is 2. The first-order valence-electron chi connectivity index (χ1n) is 15.5. The molecule has 0 unspecified atom stereocenters. The summed E-state index contributed by atoms with van der Waals surface area (Å²) < 4.78 is 81.3. The van der Waals surface area contributed by atoms with E-state index in [1.165, 1.54) is 11.1 Å². The second-order valence-electron chi connectivity index (χ2n) is 11.7. The molecule has 4 rings (SSSR count). The van der Waals surface area contributed by atoms with Crippen molar-refractivity contribution in [2.24, 2.45) is 0 Å². The third kappa shape index (κ3) is 17.2. The molecular formula is C36H40F6NO6P. The molecule has 0 heterocycles. The number of hydrogen-bond acceptors (Lipinski definition) is 6. The van der Waals surface area contributed by atoms with Gasteiger partial charge in [-0.3, -0.25) is 0 Å². The van der Waals surface area contributed by atoms with Crippen molar-refractivity contribution in [1.29, 1.82) is 0 Å². The Labute approximate surface area is 286 Å². The fraction of sp³-hybridized carbons (Fsp3) is 0.278. The van der Waals surface area contributed by atoms with Gasteiger partial charge in [-0.1, -0.05) is 34.4 Å². The van der Waals surface area contributed by atoms with Gasteiger partial charge in [-0.05, 0) is 100 Å². The monoisotopic (exact) mass is 727 g/mol. The molecule has 0 amide bonds. The van der Waals surface area contributed by atoms with Gasteiger partial charge in [0.1, 0.15) is 51.0 Å². The molecule has 14 heteroatoms. The minimum atomic E-state index is -10.7. The average molecular weight is 728 g/mol. The SMILES string of the molecule is Cc1cc(C)cc(C(=O)OCCOc2ccc(C[NH2+]Cc3ccc(OCCOC(=O)c4cc(C)cc(C)c4)cc3)cc2)c1.F[P-](F)(F)(F)(F)F. The van der Waals surface area contributed by atoms with E-state index in [0.29, 0.717) is 24.3 Å². The van der Waals surface area contributed by atoms with Crippen LogP contribution in [0.2, 0.25) is 0 Å².